The Balaban J connectivity index is 1.58. The summed E-state index contributed by atoms with van der Waals surface area (Å²) in [6.07, 6.45) is 7.01. The monoisotopic (exact) mass is 360 g/mol. The van der Waals surface area contributed by atoms with Crippen LogP contribution in [0.3, 0.4) is 0 Å². The van der Waals surface area contributed by atoms with Crippen molar-refractivity contribution >= 4 is 34.8 Å². The largest absolute Gasteiger partial charge is 0.322 e. The summed E-state index contributed by atoms with van der Waals surface area (Å²) in [5.74, 6) is 0.497. The van der Waals surface area contributed by atoms with Crippen molar-refractivity contribution in [3.05, 3.63) is 76.9 Å². The molecule has 0 aliphatic heterocycles. The molecule has 0 spiro atoms. The van der Waals surface area contributed by atoms with Gasteiger partial charge in [0.1, 0.15) is 0 Å². The maximum absolute atomic E-state index is 12.1. The smallest absolute Gasteiger partial charge is 0.248 e. The van der Waals surface area contributed by atoms with E-state index in [0.29, 0.717) is 5.78 Å². The number of hydrogen-bond donors (Lipinski definition) is 1. The molecule has 0 atom stereocenters. The highest BCUT2D eigenvalue weighted by Gasteiger charge is 2.11. The highest BCUT2D eigenvalue weighted by atomic mass is 32.1. The Morgan fingerprint density at radius 1 is 1.23 bits per heavy atom. The first-order valence-electron chi connectivity index (χ1n) is 8.13. The van der Waals surface area contributed by atoms with Gasteiger partial charge in [-0.2, -0.15) is 0 Å². The number of imidazole rings is 1. The van der Waals surface area contributed by atoms with Crippen molar-refractivity contribution in [3.8, 4) is 11.3 Å². The summed E-state index contributed by atoms with van der Waals surface area (Å²) < 4.78 is 1.95. The van der Waals surface area contributed by atoms with Crippen molar-refractivity contribution in [1.29, 1.82) is 0 Å². The predicted octanol–water partition coefficient (Wildman–Crippen LogP) is 4.42. The zero-order chi connectivity index (χ0) is 17.9. The SMILES string of the molecule is Cc1c(-c2cccc(NC(=O)/C=C/c3cccs3)c2)nc2ncccn12. The topological polar surface area (TPSA) is 59.3 Å². The number of nitrogens with zero attached hydrogens (tertiary/aromatic N) is 3. The van der Waals surface area contributed by atoms with Crippen molar-refractivity contribution in [2.45, 2.75) is 6.92 Å². The summed E-state index contributed by atoms with van der Waals surface area (Å²) in [5.41, 5.74) is 3.53. The van der Waals surface area contributed by atoms with E-state index in [0.717, 1.165) is 27.5 Å². The van der Waals surface area contributed by atoms with Crippen LogP contribution in [0.25, 0.3) is 23.1 Å². The Morgan fingerprint density at radius 2 is 2.15 bits per heavy atom. The third kappa shape index (κ3) is 3.27. The molecule has 3 aromatic heterocycles. The fourth-order valence-corrected chi connectivity index (χ4v) is 3.37. The summed E-state index contributed by atoms with van der Waals surface area (Å²) >= 11 is 1.59. The van der Waals surface area contributed by atoms with Gasteiger partial charge >= 0.3 is 0 Å². The predicted molar refractivity (Wildman–Crippen MR) is 105 cm³/mol. The van der Waals surface area contributed by atoms with E-state index in [1.165, 1.54) is 0 Å². The summed E-state index contributed by atoms with van der Waals surface area (Å²) in [5, 5.41) is 4.88. The normalized spacial score (nSPS) is 11.3. The Labute approximate surface area is 154 Å². The second kappa shape index (κ2) is 6.93. The van der Waals surface area contributed by atoms with Gasteiger partial charge in [-0.3, -0.25) is 9.20 Å². The Morgan fingerprint density at radius 3 is 2.96 bits per heavy atom. The fourth-order valence-electron chi connectivity index (χ4n) is 2.75. The van der Waals surface area contributed by atoms with E-state index in [1.54, 1.807) is 23.6 Å². The van der Waals surface area contributed by atoms with Gasteiger partial charge in [-0.1, -0.05) is 18.2 Å². The Kier molecular flexibility index (Phi) is 4.33. The average Bonchev–Trinajstić information content (AvgIpc) is 3.29. The van der Waals surface area contributed by atoms with Crippen molar-refractivity contribution < 1.29 is 4.79 Å². The molecule has 5 nitrogen and oxygen atoms in total. The number of amides is 1. The van der Waals surface area contributed by atoms with Crippen LogP contribution in [0.5, 0.6) is 0 Å². The molecule has 1 aromatic carbocycles. The molecule has 6 heteroatoms. The zero-order valence-electron chi connectivity index (χ0n) is 14.1. The molecule has 1 amide bonds. The van der Waals surface area contributed by atoms with Gasteiger partial charge in [0.05, 0.1) is 5.69 Å². The van der Waals surface area contributed by atoms with Crippen molar-refractivity contribution in [2.75, 3.05) is 5.32 Å². The highest BCUT2D eigenvalue weighted by molar-refractivity contribution is 7.10. The number of carbonyl (C=O) groups excluding carboxylic acids is 1. The second-order valence-electron chi connectivity index (χ2n) is 5.75. The molecule has 4 rings (SSSR count). The minimum absolute atomic E-state index is 0.163. The Bertz CT molecular complexity index is 1100. The number of anilines is 1. The van der Waals surface area contributed by atoms with Crippen molar-refractivity contribution in [2.24, 2.45) is 0 Å². The van der Waals surface area contributed by atoms with Crippen LogP contribution < -0.4 is 5.32 Å². The van der Waals surface area contributed by atoms with Gasteiger partial charge in [0.15, 0.2) is 0 Å². The van der Waals surface area contributed by atoms with Crippen molar-refractivity contribution in [3.63, 3.8) is 0 Å². The first-order chi connectivity index (χ1) is 12.7. The van der Waals surface area contributed by atoms with E-state index in [4.69, 9.17) is 0 Å². The summed E-state index contributed by atoms with van der Waals surface area (Å²) in [6.45, 7) is 2.01. The lowest BCUT2D eigenvalue weighted by Crippen LogP contribution is -2.07. The van der Waals surface area contributed by atoms with Gasteiger partial charge in [0.2, 0.25) is 11.7 Å². The molecule has 0 saturated heterocycles. The van der Waals surface area contributed by atoms with E-state index < -0.39 is 0 Å². The maximum atomic E-state index is 12.1. The molecular weight excluding hydrogens is 344 g/mol. The van der Waals surface area contributed by atoms with Crippen LogP contribution in [-0.2, 0) is 4.79 Å². The van der Waals surface area contributed by atoms with Crippen LogP contribution in [0.15, 0.2) is 66.3 Å². The van der Waals surface area contributed by atoms with Gasteiger partial charge in [0, 0.05) is 40.3 Å². The van der Waals surface area contributed by atoms with Crippen LogP contribution in [0.2, 0.25) is 0 Å². The summed E-state index contributed by atoms with van der Waals surface area (Å²) in [4.78, 5) is 22.1. The lowest BCUT2D eigenvalue weighted by atomic mass is 10.1. The molecule has 0 aliphatic carbocycles. The molecule has 0 saturated carbocycles. The Hall–Kier alpha value is -3.25. The van der Waals surface area contributed by atoms with Gasteiger partial charge < -0.3 is 5.32 Å². The zero-order valence-corrected chi connectivity index (χ0v) is 14.9. The van der Waals surface area contributed by atoms with Gasteiger partial charge in [0.25, 0.3) is 0 Å². The minimum atomic E-state index is -0.163. The fraction of sp³-hybridized carbons (Fsp3) is 0.0500. The molecular formula is C20H16N4OS. The first kappa shape index (κ1) is 16.2. The summed E-state index contributed by atoms with van der Waals surface area (Å²) in [7, 11) is 0. The number of carbonyl (C=O) groups is 1. The molecule has 0 bridgehead atoms. The third-order valence-electron chi connectivity index (χ3n) is 3.99. The van der Waals surface area contributed by atoms with Gasteiger partial charge in [-0.15, -0.1) is 11.3 Å². The van der Waals surface area contributed by atoms with Gasteiger partial charge in [-0.05, 0) is 42.6 Å². The van der Waals surface area contributed by atoms with Crippen LogP contribution in [0.1, 0.15) is 10.6 Å². The van der Waals surface area contributed by atoms with E-state index in [-0.39, 0.29) is 5.91 Å². The molecule has 0 aliphatic rings. The van der Waals surface area contributed by atoms with Gasteiger partial charge in [-0.25, -0.2) is 9.97 Å². The maximum Gasteiger partial charge on any atom is 0.248 e. The van der Waals surface area contributed by atoms with Crippen LogP contribution in [0.4, 0.5) is 5.69 Å². The molecule has 1 N–H and O–H groups in total. The number of aryl methyl sites for hydroxylation is 1. The van der Waals surface area contributed by atoms with E-state index in [2.05, 4.69) is 15.3 Å². The van der Waals surface area contributed by atoms with E-state index in [1.807, 2.05) is 71.4 Å². The average molecular weight is 360 g/mol. The number of fused-ring (bicyclic) bond motifs is 1. The quantitative estimate of drug-likeness (QED) is 0.548. The molecule has 4 aromatic rings. The second-order valence-corrected chi connectivity index (χ2v) is 6.73. The highest BCUT2D eigenvalue weighted by Crippen LogP contribution is 2.25. The molecule has 128 valence electrons. The van der Waals surface area contributed by atoms with E-state index in [9.17, 15) is 4.79 Å². The number of rotatable bonds is 4. The molecule has 3 heterocycles. The third-order valence-corrected chi connectivity index (χ3v) is 4.83. The minimum Gasteiger partial charge on any atom is -0.322 e. The molecule has 0 fully saturated rings. The van der Waals surface area contributed by atoms with Crippen molar-refractivity contribution in [1.82, 2.24) is 14.4 Å². The number of nitrogens with one attached hydrogen (secondary N) is 1. The van der Waals surface area contributed by atoms with Crippen LogP contribution >= 0.6 is 11.3 Å². The first-order valence-corrected chi connectivity index (χ1v) is 9.01. The van der Waals surface area contributed by atoms with Crippen LogP contribution in [0, 0.1) is 6.92 Å². The lowest BCUT2D eigenvalue weighted by molar-refractivity contribution is -0.111. The van der Waals surface area contributed by atoms with E-state index >= 15 is 0 Å². The standard InChI is InChI=1S/C20H16N4OS/c1-14-19(23-20-21-10-4-11-24(14)20)15-5-2-6-16(13-15)22-18(25)9-8-17-7-3-12-26-17/h2-13H,1H3,(H,22,25)/b9-8+. The lowest BCUT2D eigenvalue weighted by Gasteiger charge is -2.05. The molecule has 0 radical (unpaired) electrons. The number of aromatic nitrogens is 3. The number of thiophene rings is 1. The number of hydrogen-bond acceptors (Lipinski definition) is 4. The molecule has 26 heavy (non-hydrogen) atoms. The van der Waals surface area contributed by atoms with Crippen LogP contribution in [-0.4, -0.2) is 20.3 Å². The summed E-state index contributed by atoms with van der Waals surface area (Å²) in [6, 6.07) is 13.5. The molecule has 0 unspecified atom stereocenters. The number of benzene rings is 1.